The summed E-state index contributed by atoms with van der Waals surface area (Å²) < 4.78 is 27.2. The third kappa shape index (κ3) is 5.45. The van der Waals surface area contributed by atoms with Crippen LogP contribution in [-0.4, -0.2) is 28.4 Å². The van der Waals surface area contributed by atoms with Crippen LogP contribution in [0.3, 0.4) is 0 Å². The molecule has 5 nitrogen and oxygen atoms in total. The number of nitrogens with zero attached hydrogens (tertiary/aromatic N) is 1. The molecule has 8 heteroatoms. The van der Waals surface area contributed by atoms with Gasteiger partial charge in [0.2, 0.25) is 0 Å². The predicted molar refractivity (Wildman–Crippen MR) is 105 cm³/mol. The molecular weight excluding hydrogens is 397 g/mol. The third-order valence-corrected chi connectivity index (χ3v) is 5.48. The molecular formula is C18H19Cl2NO4S. The van der Waals surface area contributed by atoms with Crippen molar-refractivity contribution in [1.82, 2.24) is 0 Å². The average Bonchev–Trinajstić information content (AvgIpc) is 2.64. The molecule has 0 aliphatic carbocycles. The fourth-order valence-electron chi connectivity index (χ4n) is 2.49. The van der Waals surface area contributed by atoms with Gasteiger partial charge in [0.15, 0.2) is 0 Å². The SMILES string of the molecule is COC(=O)c1ccc(N(CCCCc2cccc(Cl)c2Cl)S(=O)O)cc1. The minimum atomic E-state index is -2.16. The number of esters is 1. The number of ether oxygens (including phenoxy) is 1. The molecule has 2 aromatic rings. The van der Waals surface area contributed by atoms with Crippen molar-refractivity contribution < 1.29 is 18.3 Å². The Morgan fingerprint density at radius 1 is 1.15 bits per heavy atom. The Kier molecular flexibility index (Phi) is 7.90. The third-order valence-electron chi connectivity index (χ3n) is 3.85. The molecule has 0 fully saturated rings. The van der Waals surface area contributed by atoms with E-state index in [0.717, 1.165) is 18.4 Å². The lowest BCUT2D eigenvalue weighted by Gasteiger charge is -2.20. The lowest BCUT2D eigenvalue weighted by atomic mass is 10.1. The Morgan fingerprint density at radius 2 is 1.85 bits per heavy atom. The van der Waals surface area contributed by atoms with Gasteiger partial charge in [-0.25, -0.2) is 9.00 Å². The van der Waals surface area contributed by atoms with E-state index in [2.05, 4.69) is 4.74 Å². The Bertz CT molecular complexity index is 783. The maximum absolute atomic E-state index is 11.6. The van der Waals surface area contributed by atoms with Crippen molar-refractivity contribution in [2.24, 2.45) is 0 Å². The number of rotatable bonds is 8. The lowest BCUT2D eigenvalue weighted by molar-refractivity contribution is 0.0601. The molecule has 0 amide bonds. The number of anilines is 1. The van der Waals surface area contributed by atoms with Gasteiger partial charge in [0.25, 0.3) is 11.3 Å². The van der Waals surface area contributed by atoms with E-state index in [1.54, 1.807) is 30.3 Å². The van der Waals surface area contributed by atoms with Gasteiger partial charge in [0.1, 0.15) is 0 Å². The van der Waals surface area contributed by atoms with Crippen LogP contribution < -0.4 is 4.31 Å². The molecule has 140 valence electrons. The molecule has 0 bridgehead atoms. The number of hydrogen-bond acceptors (Lipinski definition) is 3. The van der Waals surface area contributed by atoms with Crippen LogP contribution in [0.15, 0.2) is 42.5 Å². The molecule has 0 heterocycles. The monoisotopic (exact) mass is 415 g/mol. The lowest BCUT2D eigenvalue weighted by Crippen LogP contribution is -2.26. The van der Waals surface area contributed by atoms with E-state index < -0.39 is 17.2 Å². The van der Waals surface area contributed by atoms with Gasteiger partial charge in [-0.2, -0.15) is 0 Å². The fourth-order valence-corrected chi connectivity index (χ4v) is 3.49. The van der Waals surface area contributed by atoms with Gasteiger partial charge in [0, 0.05) is 6.54 Å². The van der Waals surface area contributed by atoms with Gasteiger partial charge in [-0.3, -0.25) is 8.86 Å². The van der Waals surface area contributed by atoms with Crippen LogP contribution in [0.25, 0.3) is 0 Å². The van der Waals surface area contributed by atoms with Crippen molar-refractivity contribution in [3.8, 4) is 0 Å². The number of carbonyl (C=O) groups is 1. The molecule has 2 aromatic carbocycles. The molecule has 0 aliphatic heterocycles. The number of halogens is 2. The fraction of sp³-hybridized carbons (Fsp3) is 0.278. The molecule has 0 aliphatic rings. The average molecular weight is 416 g/mol. The van der Waals surface area contributed by atoms with E-state index in [9.17, 15) is 13.6 Å². The molecule has 0 spiro atoms. The highest BCUT2D eigenvalue weighted by atomic mass is 35.5. The van der Waals surface area contributed by atoms with Crippen LogP contribution in [0.4, 0.5) is 5.69 Å². The highest BCUT2D eigenvalue weighted by molar-refractivity contribution is 7.80. The maximum atomic E-state index is 11.6. The Morgan fingerprint density at radius 3 is 2.46 bits per heavy atom. The molecule has 1 unspecified atom stereocenters. The Balaban J connectivity index is 1.95. The summed E-state index contributed by atoms with van der Waals surface area (Å²) in [4.78, 5) is 11.5. The van der Waals surface area contributed by atoms with Crippen LogP contribution in [0.5, 0.6) is 0 Å². The Labute approximate surface area is 165 Å². The summed E-state index contributed by atoms with van der Waals surface area (Å²) in [5, 5.41) is 1.07. The highest BCUT2D eigenvalue weighted by Crippen LogP contribution is 2.27. The quantitative estimate of drug-likeness (QED) is 0.383. The van der Waals surface area contributed by atoms with Crippen LogP contribution in [0.1, 0.15) is 28.8 Å². The van der Waals surface area contributed by atoms with E-state index in [-0.39, 0.29) is 0 Å². The first-order valence-corrected chi connectivity index (χ1v) is 9.75. The van der Waals surface area contributed by atoms with Gasteiger partial charge in [0.05, 0.1) is 28.4 Å². The van der Waals surface area contributed by atoms with Gasteiger partial charge >= 0.3 is 5.97 Å². The van der Waals surface area contributed by atoms with E-state index in [1.165, 1.54) is 11.4 Å². The molecule has 1 N–H and O–H groups in total. The summed E-state index contributed by atoms with van der Waals surface area (Å²) >= 11 is 10.0. The number of methoxy groups -OCH3 is 1. The van der Waals surface area contributed by atoms with E-state index in [0.29, 0.717) is 34.3 Å². The second-order valence-electron chi connectivity index (χ2n) is 5.54. The van der Waals surface area contributed by atoms with Crippen LogP contribution in [-0.2, 0) is 22.4 Å². The molecule has 0 radical (unpaired) electrons. The van der Waals surface area contributed by atoms with Gasteiger partial charge in [-0.05, 0) is 55.2 Å². The summed E-state index contributed by atoms with van der Waals surface area (Å²) in [5.74, 6) is -0.452. The normalized spacial score (nSPS) is 11.8. The van der Waals surface area contributed by atoms with Crippen LogP contribution >= 0.6 is 23.2 Å². The molecule has 0 saturated heterocycles. The van der Waals surface area contributed by atoms with Gasteiger partial charge in [-0.1, -0.05) is 35.3 Å². The second-order valence-corrected chi connectivity index (χ2v) is 7.23. The van der Waals surface area contributed by atoms with Crippen molar-refractivity contribution >= 4 is 46.1 Å². The molecule has 2 rings (SSSR count). The van der Waals surface area contributed by atoms with E-state index in [4.69, 9.17) is 23.2 Å². The predicted octanol–water partition coefficient (Wildman–Crippen LogP) is 4.75. The van der Waals surface area contributed by atoms with Crippen LogP contribution in [0, 0.1) is 0 Å². The Hall–Kier alpha value is -1.60. The number of carbonyl (C=O) groups excluding carboxylic acids is 1. The first kappa shape index (κ1) is 20.7. The summed E-state index contributed by atoms with van der Waals surface area (Å²) in [7, 11) is 1.30. The summed E-state index contributed by atoms with van der Waals surface area (Å²) in [5.41, 5.74) is 1.90. The molecule has 0 saturated carbocycles. The first-order chi connectivity index (χ1) is 12.4. The zero-order chi connectivity index (χ0) is 19.1. The number of hydrogen-bond donors (Lipinski definition) is 1. The van der Waals surface area contributed by atoms with Crippen molar-refractivity contribution in [2.75, 3.05) is 18.0 Å². The molecule has 1 atom stereocenters. The van der Waals surface area contributed by atoms with E-state index >= 15 is 0 Å². The number of benzene rings is 2. The van der Waals surface area contributed by atoms with Crippen LogP contribution in [0.2, 0.25) is 10.0 Å². The summed E-state index contributed by atoms with van der Waals surface area (Å²) in [6, 6.07) is 11.9. The standard InChI is InChI=1S/C18H19Cl2NO4S/c1-25-18(22)14-8-10-15(11-9-14)21(26(23)24)12-3-2-5-13-6-4-7-16(19)17(13)20/h4,6-11H,2-3,5,12H2,1H3,(H,23,24). The molecule has 26 heavy (non-hydrogen) atoms. The smallest absolute Gasteiger partial charge is 0.337 e. The van der Waals surface area contributed by atoms with E-state index in [1.807, 2.05) is 12.1 Å². The van der Waals surface area contributed by atoms with Gasteiger partial charge < -0.3 is 4.74 Å². The zero-order valence-electron chi connectivity index (χ0n) is 14.2. The molecule has 0 aromatic heterocycles. The zero-order valence-corrected chi connectivity index (χ0v) is 16.5. The minimum Gasteiger partial charge on any atom is -0.465 e. The summed E-state index contributed by atoms with van der Waals surface area (Å²) in [6.07, 6.45) is 2.20. The van der Waals surface area contributed by atoms with Crippen molar-refractivity contribution in [1.29, 1.82) is 0 Å². The van der Waals surface area contributed by atoms with Crippen molar-refractivity contribution in [3.63, 3.8) is 0 Å². The minimum absolute atomic E-state index is 0.385. The summed E-state index contributed by atoms with van der Waals surface area (Å²) in [6.45, 7) is 0.388. The maximum Gasteiger partial charge on any atom is 0.337 e. The first-order valence-electron chi connectivity index (χ1n) is 7.94. The number of aryl methyl sites for hydroxylation is 1. The largest absolute Gasteiger partial charge is 0.465 e. The topological polar surface area (TPSA) is 66.8 Å². The highest BCUT2D eigenvalue weighted by Gasteiger charge is 2.14. The second kappa shape index (κ2) is 9.92. The van der Waals surface area contributed by atoms with Crippen molar-refractivity contribution in [2.45, 2.75) is 19.3 Å². The number of unbranched alkanes of at least 4 members (excludes halogenated alkanes) is 1. The van der Waals surface area contributed by atoms with Crippen molar-refractivity contribution in [3.05, 3.63) is 63.6 Å². The van der Waals surface area contributed by atoms with Gasteiger partial charge in [-0.15, -0.1) is 0 Å².